The van der Waals surface area contributed by atoms with Gasteiger partial charge in [-0.3, -0.25) is 4.79 Å². The molecule has 0 saturated heterocycles. The third kappa shape index (κ3) is 3.26. The minimum atomic E-state index is 0.0682. The SMILES string of the molecule is C[C@@H](c1ccccc1)N(C)C(=O)Cc1cccc2ccccc12. The molecule has 3 rings (SSSR count). The third-order valence-electron chi connectivity index (χ3n) is 4.48. The van der Waals surface area contributed by atoms with Gasteiger partial charge in [-0.1, -0.05) is 72.8 Å². The lowest BCUT2D eigenvalue weighted by Gasteiger charge is -2.25. The van der Waals surface area contributed by atoms with Gasteiger partial charge in [0.2, 0.25) is 5.91 Å². The van der Waals surface area contributed by atoms with Gasteiger partial charge >= 0.3 is 0 Å². The molecule has 0 aliphatic heterocycles. The molecule has 1 atom stereocenters. The molecule has 0 aromatic heterocycles. The molecule has 116 valence electrons. The molecule has 3 aromatic carbocycles. The Morgan fingerprint density at radius 1 is 0.913 bits per heavy atom. The first-order valence-corrected chi connectivity index (χ1v) is 7.94. The van der Waals surface area contributed by atoms with E-state index in [1.165, 1.54) is 5.39 Å². The highest BCUT2D eigenvalue weighted by Gasteiger charge is 2.18. The molecule has 2 heteroatoms. The predicted octanol–water partition coefficient (Wildman–Crippen LogP) is 4.60. The van der Waals surface area contributed by atoms with Gasteiger partial charge in [0.15, 0.2) is 0 Å². The Labute approximate surface area is 137 Å². The van der Waals surface area contributed by atoms with E-state index in [-0.39, 0.29) is 11.9 Å². The monoisotopic (exact) mass is 303 g/mol. The largest absolute Gasteiger partial charge is 0.339 e. The number of benzene rings is 3. The molecule has 3 aromatic rings. The van der Waals surface area contributed by atoms with Crippen LogP contribution >= 0.6 is 0 Å². The smallest absolute Gasteiger partial charge is 0.227 e. The Hall–Kier alpha value is -2.61. The van der Waals surface area contributed by atoms with E-state index in [9.17, 15) is 4.79 Å². The highest BCUT2D eigenvalue weighted by molar-refractivity contribution is 5.90. The summed E-state index contributed by atoms with van der Waals surface area (Å²) in [6.07, 6.45) is 0.426. The highest BCUT2D eigenvalue weighted by Crippen LogP contribution is 2.22. The first kappa shape index (κ1) is 15.3. The van der Waals surface area contributed by atoms with Crippen molar-refractivity contribution in [2.45, 2.75) is 19.4 Å². The van der Waals surface area contributed by atoms with Crippen LogP contribution in [0.25, 0.3) is 10.8 Å². The molecule has 0 bridgehead atoms. The van der Waals surface area contributed by atoms with Crippen LogP contribution in [0, 0.1) is 0 Å². The lowest BCUT2D eigenvalue weighted by Crippen LogP contribution is -2.31. The first-order chi connectivity index (χ1) is 11.2. The van der Waals surface area contributed by atoms with E-state index in [1.807, 2.05) is 54.4 Å². The molecule has 0 saturated carbocycles. The van der Waals surface area contributed by atoms with Crippen LogP contribution in [0.3, 0.4) is 0 Å². The van der Waals surface area contributed by atoms with Crippen molar-refractivity contribution in [3.05, 3.63) is 83.9 Å². The van der Waals surface area contributed by atoms with E-state index < -0.39 is 0 Å². The Morgan fingerprint density at radius 2 is 1.57 bits per heavy atom. The molecule has 0 unspecified atom stereocenters. The summed E-state index contributed by atoms with van der Waals surface area (Å²) in [6, 6.07) is 24.6. The Kier molecular flexibility index (Phi) is 4.42. The summed E-state index contributed by atoms with van der Waals surface area (Å²) >= 11 is 0. The zero-order valence-corrected chi connectivity index (χ0v) is 13.6. The van der Waals surface area contributed by atoms with Crippen molar-refractivity contribution in [2.24, 2.45) is 0 Å². The number of fused-ring (bicyclic) bond motifs is 1. The molecule has 1 amide bonds. The predicted molar refractivity (Wildman–Crippen MR) is 95.3 cm³/mol. The minimum Gasteiger partial charge on any atom is -0.339 e. The first-order valence-electron chi connectivity index (χ1n) is 7.94. The van der Waals surface area contributed by atoms with Crippen LogP contribution in [0.2, 0.25) is 0 Å². The molecule has 0 aliphatic rings. The number of nitrogens with zero attached hydrogens (tertiary/aromatic N) is 1. The average molecular weight is 303 g/mol. The number of hydrogen-bond acceptors (Lipinski definition) is 1. The number of carbonyl (C=O) groups is 1. The Morgan fingerprint density at radius 3 is 2.35 bits per heavy atom. The second-order valence-electron chi connectivity index (χ2n) is 5.91. The quantitative estimate of drug-likeness (QED) is 0.689. The lowest BCUT2D eigenvalue weighted by atomic mass is 10.0. The van der Waals surface area contributed by atoms with Gasteiger partial charge in [-0.05, 0) is 28.8 Å². The van der Waals surface area contributed by atoms with E-state index in [0.717, 1.165) is 16.5 Å². The fourth-order valence-corrected chi connectivity index (χ4v) is 2.91. The number of amides is 1. The third-order valence-corrected chi connectivity index (χ3v) is 4.48. The van der Waals surface area contributed by atoms with Gasteiger partial charge in [0.1, 0.15) is 0 Å². The summed E-state index contributed by atoms with van der Waals surface area (Å²) in [5.74, 6) is 0.137. The van der Waals surface area contributed by atoms with E-state index in [0.29, 0.717) is 6.42 Å². The molecule has 0 aliphatic carbocycles. The van der Waals surface area contributed by atoms with Crippen molar-refractivity contribution in [2.75, 3.05) is 7.05 Å². The normalized spacial score (nSPS) is 12.1. The molecule has 0 heterocycles. The fourth-order valence-electron chi connectivity index (χ4n) is 2.91. The lowest BCUT2D eigenvalue weighted by molar-refractivity contribution is -0.131. The molecule has 23 heavy (non-hydrogen) atoms. The van der Waals surface area contributed by atoms with Crippen LogP contribution in [0.4, 0.5) is 0 Å². The van der Waals surface area contributed by atoms with Crippen LogP contribution in [0.1, 0.15) is 24.1 Å². The van der Waals surface area contributed by atoms with Crippen LogP contribution < -0.4 is 0 Å². The number of rotatable bonds is 4. The maximum absolute atomic E-state index is 12.7. The Bertz CT molecular complexity index is 805. The van der Waals surface area contributed by atoms with Gasteiger partial charge in [0, 0.05) is 7.05 Å². The van der Waals surface area contributed by atoms with E-state index >= 15 is 0 Å². The van der Waals surface area contributed by atoms with Crippen molar-refractivity contribution >= 4 is 16.7 Å². The van der Waals surface area contributed by atoms with Crippen LogP contribution in [-0.4, -0.2) is 17.9 Å². The molecule has 0 spiro atoms. The van der Waals surface area contributed by atoms with Crippen molar-refractivity contribution < 1.29 is 4.79 Å². The van der Waals surface area contributed by atoms with Crippen molar-refractivity contribution in [3.63, 3.8) is 0 Å². The van der Waals surface area contributed by atoms with Crippen LogP contribution in [-0.2, 0) is 11.2 Å². The summed E-state index contributed by atoms with van der Waals surface area (Å²) in [7, 11) is 1.88. The van der Waals surface area contributed by atoms with Gasteiger partial charge in [-0.15, -0.1) is 0 Å². The summed E-state index contributed by atoms with van der Waals surface area (Å²) in [5.41, 5.74) is 2.24. The maximum Gasteiger partial charge on any atom is 0.227 e. The molecular formula is C21H21NO. The van der Waals surface area contributed by atoms with Gasteiger partial charge in [0.25, 0.3) is 0 Å². The fraction of sp³-hybridized carbons (Fsp3) is 0.190. The summed E-state index contributed by atoms with van der Waals surface area (Å²) in [5, 5.41) is 2.33. The molecular weight excluding hydrogens is 282 g/mol. The van der Waals surface area contributed by atoms with Gasteiger partial charge < -0.3 is 4.90 Å². The highest BCUT2D eigenvalue weighted by atomic mass is 16.2. The zero-order valence-electron chi connectivity index (χ0n) is 13.6. The maximum atomic E-state index is 12.7. The van der Waals surface area contributed by atoms with Crippen LogP contribution in [0.5, 0.6) is 0 Å². The number of carbonyl (C=O) groups excluding carboxylic acids is 1. The second kappa shape index (κ2) is 6.66. The number of likely N-dealkylation sites (N-methyl/N-ethyl adjacent to an activating group) is 1. The molecule has 0 radical (unpaired) electrons. The van der Waals surface area contributed by atoms with E-state index in [2.05, 4.69) is 37.3 Å². The topological polar surface area (TPSA) is 20.3 Å². The van der Waals surface area contributed by atoms with Gasteiger partial charge in [-0.2, -0.15) is 0 Å². The molecule has 0 N–H and O–H groups in total. The van der Waals surface area contributed by atoms with Gasteiger partial charge in [-0.25, -0.2) is 0 Å². The van der Waals surface area contributed by atoms with Crippen LogP contribution in [0.15, 0.2) is 72.8 Å². The van der Waals surface area contributed by atoms with E-state index in [4.69, 9.17) is 0 Å². The summed E-state index contributed by atoms with van der Waals surface area (Å²) in [6.45, 7) is 2.07. The summed E-state index contributed by atoms with van der Waals surface area (Å²) < 4.78 is 0. The van der Waals surface area contributed by atoms with E-state index in [1.54, 1.807) is 0 Å². The van der Waals surface area contributed by atoms with Gasteiger partial charge in [0.05, 0.1) is 12.5 Å². The number of hydrogen-bond donors (Lipinski definition) is 0. The zero-order chi connectivity index (χ0) is 16.2. The Balaban J connectivity index is 1.80. The second-order valence-corrected chi connectivity index (χ2v) is 5.91. The van der Waals surface area contributed by atoms with Crippen molar-refractivity contribution in [1.29, 1.82) is 0 Å². The molecule has 2 nitrogen and oxygen atoms in total. The standard InChI is InChI=1S/C21H21NO/c1-16(17-9-4-3-5-10-17)22(2)21(23)15-19-13-8-12-18-11-6-7-14-20(18)19/h3-14,16H,15H2,1-2H3/t16-/m0/s1. The molecule has 0 fully saturated rings. The average Bonchev–Trinajstić information content (AvgIpc) is 2.61. The minimum absolute atomic E-state index is 0.0682. The summed E-state index contributed by atoms with van der Waals surface area (Å²) in [4.78, 5) is 14.5. The van der Waals surface area contributed by atoms with Crippen molar-refractivity contribution in [3.8, 4) is 0 Å². The van der Waals surface area contributed by atoms with Crippen molar-refractivity contribution in [1.82, 2.24) is 4.90 Å².